The Morgan fingerprint density at radius 2 is 2.35 bits per heavy atom. The number of nitrogens with one attached hydrogen (secondary N) is 1. The van der Waals surface area contributed by atoms with Gasteiger partial charge in [-0.25, -0.2) is 0 Å². The van der Waals surface area contributed by atoms with E-state index in [4.69, 9.17) is 14.6 Å². The fraction of sp³-hybridized carbons (Fsp3) is 0.400. The van der Waals surface area contributed by atoms with Gasteiger partial charge in [-0.2, -0.15) is 0 Å². The lowest BCUT2D eigenvalue weighted by atomic mass is 10.1. The minimum absolute atomic E-state index is 0.0923. The van der Waals surface area contributed by atoms with Crippen molar-refractivity contribution in [3.8, 4) is 11.5 Å². The molecule has 0 saturated carbocycles. The summed E-state index contributed by atoms with van der Waals surface area (Å²) in [5, 5.41) is 11.7. The highest BCUT2D eigenvalue weighted by Gasteiger charge is 2.20. The highest BCUT2D eigenvalue weighted by molar-refractivity contribution is 5.99. The highest BCUT2D eigenvalue weighted by Crippen LogP contribution is 2.35. The standard InChI is InChI=1S/C15H19NO4/c1-3-19-13-6-4-5-11-7-12(9-20-14(11)13)15(18)16-10(2)8-17/h4-7,10,17H,3,8-9H2,1-2H3,(H,16,18). The van der Waals surface area contributed by atoms with E-state index in [9.17, 15) is 4.79 Å². The number of benzene rings is 1. The monoisotopic (exact) mass is 277 g/mol. The molecule has 20 heavy (non-hydrogen) atoms. The number of carbonyl (C=O) groups excluding carboxylic acids is 1. The number of para-hydroxylation sites is 1. The molecule has 0 fully saturated rings. The molecule has 0 spiro atoms. The Labute approximate surface area is 118 Å². The summed E-state index contributed by atoms with van der Waals surface area (Å²) in [4.78, 5) is 12.0. The lowest BCUT2D eigenvalue weighted by Gasteiger charge is -2.21. The number of rotatable bonds is 5. The fourth-order valence-corrected chi connectivity index (χ4v) is 1.94. The zero-order chi connectivity index (χ0) is 14.5. The molecule has 1 aromatic rings. The lowest BCUT2D eigenvalue weighted by molar-refractivity contribution is -0.118. The summed E-state index contributed by atoms with van der Waals surface area (Å²) in [5.74, 6) is 1.13. The number of fused-ring (bicyclic) bond motifs is 1. The van der Waals surface area contributed by atoms with Crippen LogP contribution in [0.25, 0.3) is 6.08 Å². The van der Waals surface area contributed by atoms with E-state index in [0.717, 1.165) is 5.56 Å². The van der Waals surface area contributed by atoms with Crippen LogP contribution < -0.4 is 14.8 Å². The van der Waals surface area contributed by atoms with Crippen molar-refractivity contribution >= 4 is 12.0 Å². The Kier molecular flexibility index (Phi) is 4.63. The van der Waals surface area contributed by atoms with E-state index in [1.807, 2.05) is 25.1 Å². The van der Waals surface area contributed by atoms with Crippen LogP contribution in [0.4, 0.5) is 0 Å². The number of aliphatic hydroxyl groups is 1. The van der Waals surface area contributed by atoms with Crippen LogP contribution in [0.3, 0.4) is 0 Å². The Balaban J connectivity index is 2.20. The van der Waals surface area contributed by atoms with E-state index in [2.05, 4.69) is 5.32 Å². The molecule has 1 amide bonds. The Morgan fingerprint density at radius 1 is 1.55 bits per heavy atom. The quantitative estimate of drug-likeness (QED) is 0.852. The smallest absolute Gasteiger partial charge is 0.250 e. The van der Waals surface area contributed by atoms with Crippen LogP contribution in [0.2, 0.25) is 0 Å². The summed E-state index contributed by atoms with van der Waals surface area (Å²) in [7, 11) is 0. The normalized spacial score (nSPS) is 14.7. The number of aliphatic hydroxyl groups excluding tert-OH is 1. The van der Waals surface area contributed by atoms with Crippen molar-refractivity contribution in [3.05, 3.63) is 29.3 Å². The summed E-state index contributed by atoms with van der Waals surface area (Å²) in [6, 6.07) is 5.30. The molecule has 0 aromatic heterocycles. The van der Waals surface area contributed by atoms with Gasteiger partial charge in [-0.15, -0.1) is 0 Å². The first-order valence-electron chi connectivity index (χ1n) is 6.66. The largest absolute Gasteiger partial charge is 0.490 e. The molecular weight excluding hydrogens is 258 g/mol. The van der Waals surface area contributed by atoms with Crippen molar-refractivity contribution in [2.45, 2.75) is 19.9 Å². The van der Waals surface area contributed by atoms with Gasteiger partial charge >= 0.3 is 0 Å². The van der Waals surface area contributed by atoms with Gasteiger partial charge in [-0.3, -0.25) is 4.79 Å². The van der Waals surface area contributed by atoms with Crippen molar-refractivity contribution in [1.29, 1.82) is 0 Å². The van der Waals surface area contributed by atoms with Gasteiger partial charge in [0.1, 0.15) is 6.61 Å². The van der Waals surface area contributed by atoms with E-state index < -0.39 is 0 Å². The fourth-order valence-electron chi connectivity index (χ4n) is 1.94. The third-order valence-electron chi connectivity index (χ3n) is 2.95. The zero-order valence-corrected chi connectivity index (χ0v) is 11.7. The number of carbonyl (C=O) groups is 1. The maximum atomic E-state index is 12.0. The maximum Gasteiger partial charge on any atom is 0.250 e. The van der Waals surface area contributed by atoms with E-state index in [1.54, 1.807) is 13.0 Å². The van der Waals surface area contributed by atoms with Crippen molar-refractivity contribution in [1.82, 2.24) is 5.32 Å². The van der Waals surface area contributed by atoms with Crippen LogP contribution in [-0.2, 0) is 4.79 Å². The third kappa shape index (κ3) is 3.11. The Hall–Kier alpha value is -2.01. The highest BCUT2D eigenvalue weighted by atomic mass is 16.5. The van der Waals surface area contributed by atoms with E-state index in [-0.39, 0.29) is 25.2 Å². The van der Waals surface area contributed by atoms with Crippen molar-refractivity contribution in [2.75, 3.05) is 19.8 Å². The van der Waals surface area contributed by atoms with Gasteiger partial charge in [0.2, 0.25) is 0 Å². The second-order valence-electron chi connectivity index (χ2n) is 4.62. The van der Waals surface area contributed by atoms with Crippen molar-refractivity contribution < 1.29 is 19.4 Å². The van der Waals surface area contributed by atoms with E-state index in [0.29, 0.717) is 23.7 Å². The predicted molar refractivity (Wildman–Crippen MR) is 75.8 cm³/mol. The predicted octanol–water partition coefficient (Wildman–Crippen LogP) is 1.36. The van der Waals surface area contributed by atoms with Gasteiger partial charge < -0.3 is 19.9 Å². The summed E-state index contributed by atoms with van der Waals surface area (Å²) in [6.07, 6.45) is 1.79. The molecule has 5 heteroatoms. The SMILES string of the molecule is CCOc1cccc2c1OCC(C(=O)NC(C)CO)=C2. The second-order valence-corrected chi connectivity index (χ2v) is 4.62. The molecule has 108 valence electrons. The minimum Gasteiger partial charge on any atom is -0.490 e. The van der Waals surface area contributed by atoms with Crippen molar-refractivity contribution in [3.63, 3.8) is 0 Å². The average molecular weight is 277 g/mol. The first kappa shape index (κ1) is 14.4. The van der Waals surface area contributed by atoms with Gasteiger partial charge in [0.25, 0.3) is 5.91 Å². The maximum absolute atomic E-state index is 12.0. The molecule has 0 radical (unpaired) electrons. The van der Waals surface area contributed by atoms with E-state index in [1.165, 1.54) is 0 Å². The first-order valence-corrected chi connectivity index (χ1v) is 6.66. The van der Waals surface area contributed by atoms with Crippen molar-refractivity contribution in [2.24, 2.45) is 0 Å². The lowest BCUT2D eigenvalue weighted by Crippen LogP contribution is -2.37. The van der Waals surface area contributed by atoms with Crippen LogP contribution in [0.15, 0.2) is 23.8 Å². The summed E-state index contributed by atoms with van der Waals surface area (Å²) < 4.78 is 11.1. The number of hydrogen-bond donors (Lipinski definition) is 2. The molecular formula is C15H19NO4. The van der Waals surface area contributed by atoms with Crippen LogP contribution >= 0.6 is 0 Å². The second kappa shape index (κ2) is 6.43. The van der Waals surface area contributed by atoms with Crippen LogP contribution in [0.1, 0.15) is 19.4 Å². The van der Waals surface area contributed by atoms with Crippen LogP contribution in [0, 0.1) is 0 Å². The first-order chi connectivity index (χ1) is 9.65. The van der Waals surface area contributed by atoms with Crippen LogP contribution in [0.5, 0.6) is 11.5 Å². The van der Waals surface area contributed by atoms with Gasteiger partial charge in [0, 0.05) is 11.6 Å². The number of amides is 1. The van der Waals surface area contributed by atoms with Gasteiger partial charge in [0.05, 0.1) is 18.8 Å². The molecule has 0 bridgehead atoms. The number of ether oxygens (including phenoxy) is 2. The zero-order valence-electron chi connectivity index (χ0n) is 11.7. The molecule has 5 nitrogen and oxygen atoms in total. The molecule has 1 unspecified atom stereocenters. The van der Waals surface area contributed by atoms with Gasteiger partial charge in [-0.1, -0.05) is 12.1 Å². The Morgan fingerprint density at radius 3 is 3.05 bits per heavy atom. The van der Waals surface area contributed by atoms with Gasteiger partial charge in [0.15, 0.2) is 11.5 Å². The molecule has 1 atom stereocenters. The van der Waals surface area contributed by atoms with Crippen LogP contribution in [-0.4, -0.2) is 36.9 Å². The third-order valence-corrected chi connectivity index (χ3v) is 2.95. The molecule has 0 aliphatic carbocycles. The molecule has 1 heterocycles. The Bertz CT molecular complexity index is 525. The topological polar surface area (TPSA) is 67.8 Å². The number of hydrogen-bond acceptors (Lipinski definition) is 4. The molecule has 2 N–H and O–H groups in total. The summed E-state index contributed by atoms with van der Waals surface area (Å²) in [5.41, 5.74) is 1.36. The molecule has 0 saturated heterocycles. The summed E-state index contributed by atoms with van der Waals surface area (Å²) >= 11 is 0. The minimum atomic E-state index is -0.278. The average Bonchev–Trinajstić information content (AvgIpc) is 2.47. The molecule has 1 aliphatic heterocycles. The molecule has 2 rings (SSSR count). The molecule has 1 aromatic carbocycles. The van der Waals surface area contributed by atoms with E-state index >= 15 is 0 Å². The summed E-state index contributed by atoms with van der Waals surface area (Å²) in [6.45, 7) is 4.31. The molecule has 1 aliphatic rings. The van der Waals surface area contributed by atoms with Gasteiger partial charge in [-0.05, 0) is 26.0 Å².